The van der Waals surface area contributed by atoms with Crippen LogP contribution in [0.4, 0.5) is 13.2 Å². The molecular formula is C19H27F3N4O2S. The number of halogens is 3. The molecule has 1 aliphatic heterocycles. The molecule has 6 nitrogen and oxygen atoms in total. The third kappa shape index (κ3) is 5.42. The topological polar surface area (TPSA) is 73.8 Å². The fourth-order valence-corrected chi connectivity index (χ4v) is 4.60. The van der Waals surface area contributed by atoms with Crippen LogP contribution in [-0.2, 0) is 10.0 Å². The van der Waals surface area contributed by atoms with Crippen LogP contribution in [0.25, 0.3) is 0 Å². The highest BCUT2D eigenvalue weighted by molar-refractivity contribution is 7.90. The first-order valence-electron chi connectivity index (χ1n) is 9.88. The molecule has 2 fully saturated rings. The van der Waals surface area contributed by atoms with E-state index >= 15 is 0 Å². The zero-order valence-electron chi connectivity index (χ0n) is 16.3. The minimum absolute atomic E-state index is 0.0641. The Morgan fingerprint density at radius 3 is 2.45 bits per heavy atom. The van der Waals surface area contributed by atoms with Crippen molar-refractivity contribution in [2.45, 2.75) is 43.7 Å². The van der Waals surface area contributed by atoms with Gasteiger partial charge in [-0.25, -0.2) is 8.42 Å². The summed E-state index contributed by atoms with van der Waals surface area (Å²) in [4.78, 5) is 4.59. The fourth-order valence-electron chi connectivity index (χ4n) is 3.62. The fraction of sp³-hybridized carbons (Fsp3) is 0.632. The monoisotopic (exact) mass is 432 g/mol. The van der Waals surface area contributed by atoms with Crippen LogP contribution in [0, 0.1) is 5.92 Å². The van der Waals surface area contributed by atoms with E-state index in [2.05, 4.69) is 27.8 Å². The van der Waals surface area contributed by atoms with Gasteiger partial charge in [-0.15, -0.1) is 0 Å². The first-order chi connectivity index (χ1) is 13.7. The largest absolute Gasteiger partial charge is 0.511 e. The zero-order valence-corrected chi connectivity index (χ0v) is 17.1. The summed E-state index contributed by atoms with van der Waals surface area (Å²) < 4.78 is 61.5. The van der Waals surface area contributed by atoms with Crippen molar-refractivity contribution >= 4 is 16.0 Å². The number of alkyl halides is 3. The first-order valence-corrected chi connectivity index (χ1v) is 11.3. The van der Waals surface area contributed by atoms with Crippen molar-refractivity contribution in [2.24, 2.45) is 10.9 Å². The number of benzene rings is 1. The highest BCUT2D eigenvalue weighted by atomic mass is 32.2. The van der Waals surface area contributed by atoms with E-state index in [-0.39, 0.29) is 19.0 Å². The van der Waals surface area contributed by atoms with Crippen LogP contribution in [0.1, 0.15) is 37.7 Å². The van der Waals surface area contributed by atoms with Crippen LogP contribution in [0.15, 0.2) is 35.3 Å². The van der Waals surface area contributed by atoms with Crippen molar-refractivity contribution in [2.75, 3.05) is 26.2 Å². The molecule has 0 spiro atoms. The number of hydrogen-bond donors (Lipinski definition) is 2. The van der Waals surface area contributed by atoms with Crippen LogP contribution in [0.5, 0.6) is 0 Å². The van der Waals surface area contributed by atoms with E-state index in [4.69, 9.17) is 0 Å². The molecule has 2 atom stereocenters. The molecule has 1 aromatic rings. The standard InChI is InChI=1S/C19H27F3N4O2S/c1-2-23-18(25-17-12-16(17)15-6-4-3-5-7-15)24-13-14-8-10-26(11-9-14)29(27,28)19(20,21)22/h3-7,14,16-17H,2,8-13H2,1H3,(H2,23,24,25). The Morgan fingerprint density at radius 1 is 1.21 bits per heavy atom. The Hall–Kier alpha value is -1.81. The number of nitrogens with zero attached hydrogens (tertiary/aromatic N) is 2. The number of guanidine groups is 1. The predicted octanol–water partition coefficient (Wildman–Crippen LogP) is 2.66. The van der Waals surface area contributed by atoms with E-state index in [1.807, 2.05) is 25.1 Å². The van der Waals surface area contributed by atoms with Crippen LogP contribution >= 0.6 is 0 Å². The van der Waals surface area contributed by atoms with Crippen LogP contribution < -0.4 is 10.6 Å². The van der Waals surface area contributed by atoms with Crippen LogP contribution in [-0.4, -0.2) is 56.4 Å². The lowest BCUT2D eigenvalue weighted by atomic mass is 9.98. The molecule has 3 rings (SSSR count). The van der Waals surface area contributed by atoms with Crippen molar-refractivity contribution in [3.63, 3.8) is 0 Å². The van der Waals surface area contributed by atoms with Gasteiger partial charge in [0.05, 0.1) is 0 Å². The SMILES string of the molecule is CCNC(=NCC1CCN(S(=O)(=O)C(F)(F)F)CC1)NC1CC1c1ccccc1. The number of aliphatic imine (C=N–C) groups is 1. The van der Waals surface area contributed by atoms with Gasteiger partial charge >= 0.3 is 15.5 Å². The molecular weight excluding hydrogens is 405 g/mol. The lowest BCUT2D eigenvalue weighted by Gasteiger charge is -2.30. The molecule has 0 bridgehead atoms. The molecule has 10 heteroatoms. The second-order valence-electron chi connectivity index (χ2n) is 7.52. The Morgan fingerprint density at radius 2 is 1.86 bits per heavy atom. The maximum atomic E-state index is 12.7. The Bertz CT molecular complexity index is 806. The van der Waals surface area contributed by atoms with Gasteiger partial charge < -0.3 is 10.6 Å². The summed E-state index contributed by atoms with van der Waals surface area (Å²) in [5.41, 5.74) is -3.95. The Balaban J connectivity index is 1.50. The van der Waals surface area contributed by atoms with Crippen molar-refractivity contribution in [1.29, 1.82) is 0 Å². The number of hydrogen-bond acceptors (Lipinski definition) is 3. The van der Waals surface area contributed by atoms with Crippen molar-refractivity contribution in [3.05, 3.63) is 35.9 Å². The molecule has 1 saturated heterocycles. The summed E-state index contributed by atoms with van der Waals surface area (Å²) in [6.07, 6.45) is 1.77. The average Bonchev–Trinajstić information content (AvgIpc) is 3.45. The van der Waals surface area contributed by atoms with E-state index in [0.717, 1.165) is 6.42 Å². The smallest absolute Gasteiger partial charge is 0.357 e. The minimum Gasteiger partial charge on any atom is -0.357 e. The van der Waals surface area contributed by atoms with Gasteiger partial charge in [0.15, 0.2) is 5.96 Å². The van der Waals surface area contributed by atoms with Gasteiger partial charge in [-0.1, -0.05) is 30.3 Å². The third-order valence-corrected chi connectivity index (χ3v) is 7.03. The normalized spacial score (nSPS) is 24.3. The molecule has 0 amide bonds. The van der Waals surface area contributed by atoms with Gasteiger partial charge in [0.1, 0.15) is 0 Å². The van der Waals surface area contributed by atoms with E-state index in [1.165, 1.54) is 5.56 Å². The number of rotatable bonds is 6. The van der Waals surface area contributed by atoms with Gasteiger partial charge in [-0.2, -0.15) is 17.5 Å². The molecule has 0 aromatic heterocycles. The lowest BCUT2D eigenvalue weighted by molar-refractivity contribution is -0.0496. The molecule has 2 unspecified atom stereocenters. The first kappa shape index (κ1) is 21.9. The molecule has 1 heterocycles. The summed E-state index contributed by atoms with van der Waals surface area (Å²) in [6.45, 7) is 2.89. The van der Waals surface area contributed by atoms with E-state index in [1.54, 1.807) is 0 Å². The summed E-state index contributed by atoms with van der Waals surface area (Å²) in [5, 5.41) is 6.62. The van der Waals surface area contributed by atoms with Gasteiger partial charge in [-0.3, -0.25) is 4.99 Å². The number of piperidine rings is 1. The van der Waals surface area contributed by atoms with E-state index in [9.17, 15) is 21.6 Å². The number of sulfonamides is 1. The van der Waals surface area contributed by atoms with Gasteiger partial charge in [-0.05, 0) is 37.7 Å². The number of nitrogens with one attached hydrogen (secondary N) is 2. The maximum absolute atomic E-state index is 12.7. The van der Waals surface area contributed by atoms with Crippen LogP contribution in [0.2, 0.25) is 0 Å². The van der Waals surface area contributed by atoms with Crippen molar-refractivity contribution in [3.8, 4) is 0 Å². The second kappa shape index (κ2) is 8.91. The zero-order chi connectivity index (χ0) is 21.1. The van der Waals surface area contributed by atoms with Crippen LogP contribution in [0.3, 0.4) is 0 Å². The maximum Gasteiger partial charge on any atom is 0.511 e. The summed E-state index contributed by atoms with van der Waals surface area (Å²) in [5.74, 6) is 1.21. The highest BCUT2D eigenvalue weighted by Gasteiger charge is 2.50. The van der Waals surface area contributed by atoms with Gasteiger partial charge in [0.2, 0.25) is 0 Å². The van der Waals surface area contributed by atoms with Gasteiger partial charge in [0.25, 0.3) is 0 Å². The highest BCUT2D eigenvalue weighted by Crippen LogP contribution is 2.40. The Labute approximate surface area is 169 Å². The molecule has 29 heavy (non-hydrogen) atoms. The minimum atomic E-state index is -5.24. The Kier molecular flexibility index (Phi) is 6.72. The summed E-state index contributed by atoms with van der Waals surface area (Å²) in [6, 6.07) is 10.6. The molecule has 0 radical (unpaired) electrons. The summed E-state index contributed by atoms with van der Waals surface area (Å²) in [7, 11) is -5.23. The molecule has 1 aliphatic carbocycles. The van der Waals surface area contributed by atoms with E-state index < -0.39 is 15.5 Å². The molecule has 1 aromatic carbocycles. The predicted molar refractivity (Wildman–Crippen MR) is 106 cm³/mol. The van der Waals surface area contributed by atoms with E-state index in [0.29, 0.717) is 48.2 Å². The lowest BCUT2D eigenvalue weighted by Crippen LogP contribution is -2.45. The molecule has 2 N–H and O–H groups in total. The van der Waals surface area contributed by atoms with Crippen molar-refractivity contribution < 1.29 is 21.6 Å². The van der Waals surface area contributed by atoms with Gasteiger partial charge in [0, 0.05) is 38.1 Å². The quantitative estimate of drug-likeness (QED) is 0.536. The molecule has 162 valence electrons. The molecule has 2 aliphatic rings. The van der Waals surface area contributed by atoms with Crippen molar-refractivity contribution in [1.82, 2.24) is 14.9 Å². The average molecular weight is 433 g/mol. The molecule has 1 saturated carbocycles. The second-order valence-corrected chi connectivity index (χ2v) is 9.45. The summed E-state index contributed by atoms with van der Waals surface area (Å²) >= 11 is 0. The third-order valence-electron chi connectivity index (χ3n) is 5.40.